The van der Waals surface area contributed by atoms with E-state index in [0.29, 0.717) is 5.92 Å². The zero-order chi connectivity index (χ0) is 30.8. The summed E-state index contributed by atoms with van der Waals surface area (Å²) >= 11 is 0. The molecule has 0 spiro atoms. The second-order valence-electron chi connectivity index (χ2n) is 10.7. The molecule has 0 fully saturated rings. The maximum absolute atomic E-state index is 2.36. The first-order valence-electron chi connectivity index (χ1n) is 15.9. The van der Waals surface area contributed by atoms with Crippen molar-refractivity contribution >= 4 is 22.4 Å². The van der Waals surface area contributed by atoms with Gasteiger partial charge in [0.15, 0.2) is 0 Å². The van der Waals surface area contributed by atoms with Crippen molar-refractivity contribution in [3.8, 4) is 11.1 Å². The van der Waals surface area contributed by atoms with Crippen molar-refractivity contribution in [2.45, 2.75) is 54.9 Å². The van der Waals surface area contributed by atoms with Crippen LogP contribution in [-0.2, 0) is 0 Å². The fourth-order valence-electron chi connectivity index (χ4n) is 5.95. The van der Waals surface area contributed by atoms with E-state index in [1.807, 2.05) is 27.7 Å². The largest absolute Gasteiger partial charge is 0.0836 e. The molecule has 0 saturated heterocycles. The molecule has 43 heavy (non-hydrogen) atoms. The lowest BCUT2D eigenvalue weighted by Gasteiger charge is -2.26. The average molecular weight is 563 g/mol. The summed E-state index contributed by atoms with van der Waals surface area (Å²) in [6.07, 6.45) is 10.2. The van der Waals surface area contributed by atoms with Gasteiger partial charge in [-0.05, 0) is 93.4 Å². The molecule has 2 aliphatic rings. The summed E-state index contributed by atoms with van der Waals surface area (Å²) in [5.74, 6) is 0.461. The standard InChI is InChI=1S/C25H20.C14H14.2C2H6/c1-17-10-11-19-15-22(13-12-18(19)14-17)25-23-8-4-2-6-20(23)16-21-7-3-5-9-24(21)25;1-11-7-3-5-9-13(11)14-10-6-4-8-12(14)2;2*1-2/h2-8,10-16,24H,9H2,1H3;3-10H,1-2H3;2*1-2H3. The normalized spacial score (nSPS) is 14.3. The average Bonchev–Trinajstić information content (AvgIpc) is 3.06. The van der Waals surface area contributed by atoms with Gasteiger partial charge in [-0.25, -0.2) is 0 Å². The Labute approximate surface area is 259 Å². The van der Waals surface area contributed by atoms with Gasteiger partial charge in [0.1, 0.15) is 0 Å². The van der Waals surface area contributed by atoms with Crippen LogP contribution in [0.15, 0.2) is 133 Å². The summed E-state index contributed by atoms with van der Waals surface area (Å²) in [5, 5.41) is 5.35. The second-order valence-corrected chi connectivity index (χ2v) is 10.7. The van der Waals surface area contributed by atoms with Crippen LogP contribution in [0.3, 0.4) is 0 Å². The van der Waals surface area contributed by atoms with Crippen LogP contribution in [0.4, 0.5) is 0 Å². The Balaban J connectivity index is 0.000000200. The van der Waals surface area contributed by atoms with Gasteiger partial charge in [0, 0.05) is 5.92 Å². The summed E-state index contributed by atoms with van der Waals surface area (Å²) in [4.78, 5) is 0. The van der Waals surface area contributed by atoms with Crippen LogP contribution in [0.1, 0.15) is 56.4 Å². The Bertz CT molecular complexity index is 1820. The SMILES string of the molecule is CC.CC.Cc1ccc2cc(C3=c4ccccc4=CC4=CC=CCC43)ccc2c1.Cc1ccccc1-c1ccccc1C. The molecule has 0 nitrogen and oxygen atoms in total. The zero-order valence-corrected chi connectivity index (χ0v) is 27.0. The Hall–Kier alpha value is -4.42. The molecule has 1 unspecified atom stereocenters. The van der Waals surface area contributed by atoms with E-state index in [0.717, 1.165) is 6.42 Å². The van der Waals surface area contributed by atoms with E-state index >= 15 is 0 Å². The third-order valence-corrected chi connectivity index (χ3v) is 8.01. The highest BCUT2D eigenvalue weighted by Gasteiger charge is 2.23. The van der Waals surface area contributed by atoms with Crippen LogP contribution in [0.25, 0.3) is 33.5 Å². The molecule has 0 heteroatoms. The molecule has 218 valence electrons. The molecule has 0 aromatic heterocycles. The fraction of sp³-hybridized carbons (Fsp3) is 0.209. The summed E-state index contributed by atoms with van der Waals surface area (Å²) in [6, 6.07) is 39.5. The summed E-state index contributed by atoms with van der Waals surface area (Å²) < 4.78 is 0. The van der Waals surface area contributed by atoms with Crippen LogP contribution in [0.2, 0.25) is 0 Å². The minimum Gasteiger partial charge on any atom is -0.0836 e. The lowest BCUT2D eigenvalue weighted by molar-refractivity contribution is 0.804. The Kier molecular flexibility index (Phi) is 11.1. The zero-order valence-electron chi connectivity index (χ0n) is 27.0. The van der Waals surface area contributed by atoms with Crippen molar-refractivity contribution in [1.29, 1.82) is 0 Å². The summed E-state index contributed by atoms with van der Waals surface area (Å²) in [5.41, 5.74) is 10.9. The maximum atomic E-state index is 2.36. The van der Waals surface area contributed by atoms with Gasteiger partial charge in [-0.2, -0.15) is 0 Å². The van der Waals surface area contributed by atoms with E-state index in [-0.39, 0.29) is 0 Å². The van der Waals surface area contributed by atoms with Crippen LogP contribution >= 0.6 is 0 Å². The van der Waals surface area contributed by atoms with E-state index in [9.17, 15) is 0 Å². The Morgan fingerprint density at radius 2 is 1.16 bits per heavy atom. The van der Waals surface area contributed by atoms with Crippen molar-refractivity contribution < 1.29 is 0 Å². The molecular formula is C43H46. The van der Waals surface area contributed by atoms with Gasteiger partial charge in [0.25, 0.3) is 0 Å². The summed E-state index contributed by atoms with van der Waals surface area (Å²) in [6.45, 7) is 14.5. The molecule has 0 amide bonds. The van der Waals surface area contributed by atoms with Crippen molar-refractivity contribution in [2.75, 3.05) is 0 Å². The van der Waals surface area contributed by atoms with Crippen LogP contribution in [-0.4, -0.2) is 0 Å². The van der Waals surface area contributed by atoms with Crippen LogP contribution in [0.5, 0.6) is 0 Å². The first kappa shape index (κ1) is 31.5. The smallest absolute Gasteiger partial charge is 0.0136 e. The predicted octanol–water partition coefficient (Wildman–Crippen LogP) is 10.7. The molecule has 1 atom stereocenters. The van der Waals surface area contributed by atoms with E-state index in [1.54, 1.807) is 0 Å². The highest BCUT2D eigenvalue weighted by atomic mass is 14.3. The number of fused-ring (bicyclic) bond motifs is 3. The van der Waals surface area contributed by atoms with E-state index < -0.39 is 0 Å². The predicted molar refractivity (Wildman–Crippen MR) is 191 cm³/mol. The molecule has 2 aliphatic carbocycles. The van der Waals surface area contributed by atoms with Crippen molar-refractivity contribution in [3.05, 3.63) is 166 Å². The van der Waals surface area contributed by atoms with Gasteiger partial charge in [-0.3, -0.25) is 0 Å². The number of hydrogen-bond donors (Lipinski definition) is 0. The first-order valence-corrected chi connectivity index (χ1v) is 15.9. The highest BCUT2D eigenvalue weighted by Crippen LogP contribution is 2.35. The molecule has 0 radical (unpaired) electrons. The van der Waals surface area contributed by atoms with Crippen molar-refractivity contribution in [3.63, 3.8) is 0 Å². The number of allylic oxidation sites excluding steroid dienone is 4. The molecule has 5 aromatic carbocycles. The fourth-order valence-corrected chi connectivity index (χ4v) is 5.95. The van der Waals surface area contributed by atoms with E-state index in [1.165, 1.54) is 65.7 Å². The minimum absolute atomic E-state index is 0.461. The summed E-state index contributed by atoms with van der Waals surface area (Å²) in [7, 11) is 0. The highest BCUT2D eigenvalue weighted by molar-refractivity contribution is 5.88. The number of aryl methyl sites for hydroxylation is 3. The first-order chi connectivity index (χ1) is 21.1. The van der Waals surface area contributed by atoms with Crippen LogP contribution < -0.4 is 10.4 Å². The van der Waals surface area contributed by atoms with Crippen molar-refractivity contribution in [1.82, 2.24) is 0 Å². The van der Waals surface area contributed by atoms with Crippen molar-refractivity contribution in [2.24, 2.45) is 5.92 Å². The molecule has 0 saturated carbocycles. The maximum Gasteiger partial charge on any atom is 0.0136 e. The van der Waals surface area contributed by atoms with Crippen LogP contribution in [0, 0.1) is 26.7 Å². The number of benzene rings is 5. The molecule has 0 bridgehead atoms. The third kappa shape index (κ3) is 7.15. The number of hydrogen-bond acceptors (Lipinski definition) is 0. The molecule has 7 rings (SSSR count). The molecular weight excluding hydrogens is 516 g/mol. The molecule has 0 aliphatic heterocycles. The monoisotopic (exact) mass is 562 g/mol. The van der Waals surface area contributed by atoms with Gasteiger partial charge >= 0.3 is 0 Å². The minimum atomic E-state index is 0.461. The van der Waals surface area contributed by atoms with Gasteiger partial charge in [-0.1, -0.05) is 161 Å². The Morgan fingerprint density at radius 1 is 0.581 bits per heavy atom. The van der Waals surface area contributed by atoms with Gasteiger partial charge < -0.3 is 0 Å². The quantitative estimate of drug-likeness (QED) is 0.201. The Morgan fingerprint density at radius 3 is 1.84 bits per heavy atom. The second kappa shape index (κ2) is 15.2. The molecule has 0 N–H and O–H groups in total. The van der Waals surface area contributed by atoms with Gasteiger partial charge in [0.05, 0.1) is 0 Å². The molecule has 5 aromatic rings. The van der Waals surface area contributed by atoms with Gasteiger partial charge in [0.2, 0.25) is 0 Å². The molecule has 0 heterocycles. The lowest BCUT2D eigenvalue weighted by atomic mass is 9.77. The lowest BCUT2D eigenvalue weighted by Crippen LogP contribution is -2.34. The third-order valence-electron chi connectivity index (χ3n) is 8.01. The van der Waals surface area contributed by atoms with E-state index in [4.69, 9.17) is 0 Å². The topological polar surface area (TPSA) is 0 Å². The van der Waals surface area contributed by atoms with Gasteiger partial charge in [-0.15, -0.1) is 0 Å². The number of rotatable bonds is 2. The van der Waals surface area contributed by atoms with E-state index in [2.05, 4.69) is 154 Å².